The average molecular weight is 236 g/mol. The number of rotatable bonds is 7. The predicted molar refractivity (Wildman–Crippen MR) is 72.2 cm³/mol. The molecule has 0 saturated carbocycles. The molecule has 1 atom stereocenters. The van der Waals surface area contributed by atoms with E-state index in [0.29, 0.717) is 6.04 Å². The summed E-state index contributed by atoms with van der Waals surface area (Å²) >= 11 is 0. The van der Waals surface area contributed by atoms with Gasteiger partial charge in [-0.1, -0.05) is 20.3 Å². The molecule has 0 fully saturated rings. The van der Waals surface area contributed by atoms with Crippen LogP contribution in [0.4, 0.5) is 5.82 Å². The molecule has 1 N–H and O–H groups in total. The van der Waals surface area contributed by atoms with Gasteiger partial charge < -0.3 is 10.2 Å². The van der Waals surface area contributed by atoms with Crippen LogP contribution >= 0.6 is 0 Å². The summed E-state index contributed by atoms with van der Waals surface area (Å²) in [4.78, 5) is 11.1. The second-order valence-corrected chi connectivity index (χ2v) is 4.40. The monoisotopic (exact) mass is 236 g/mol. The lowest BCUT2D eigenvalue weighted by Gasteiger charge is -2.25. The molecule has 1 rings (SSSR count). The lowest BCUT2D eigenvalue weighted by molar-refractivity contribution is 0.607. The summed E-state index contributed by atoms with van der Waals surface area (Å²) in [6, 6.07) is 0.503. The molecule has 0 bridgehead atoms. The smallest absolute Gasteiger partial charge is 0.147 e. The SMILES string of the molecule is CCCC(C)N(C)c1cncc(CNCC)n1. The number of hydrogen-bond acceptors (Lipinski definition) is 4. The molecule has 0 radical (unpaired) electrons. The summed E-state index contributed by atoms with van der Waals surface area (Å²) in [5.41, 5.74) is 1.000. The van der Waals surface area contributed by atoms with Gasteiger partial charge in [0.1, 0.15) is 5.82 Å². The van der Waals surface area contributed by atoms with Crippen molar-refractivity contribution < 1.29 is 0 Å². The summed E-state index contributed by atoms with van der Waals surface area (Å²) < 4.78 is 0. The Kier molecular flexibility index (Phi) is 5.91. The Morgan fingerprint density at radius 2 is 2.12 bits per heavy atom. The van der Waals surface area contributed by atoms with Crippen molar-refractivity contribution >= 4 is 5.82 Å². The highest BCUT2D eigenvalue weighted by Crippen LogP contribution is 2.13. The number of nitrogens with one attached hydrogen (secondary N) is 1. The van der Waals surface area contributed by atoms with Crippen molar-refractivity contribution in [3.63, 3.8) is 0 Å². The van der Waals surface area contributed by atoms with E-state index in [-0.39, 0.29) is 0 Å². The Bertz CT molecular complexity index is 327. The Hall–Kier alpha value is -1.16. The van der Waals surface area contributed by atoms with Gasteiger partial charge in [0.05, 0.1) is 11.9 Å². The minimum atomic E-state index is 0.503. The van der Waals surface area contributed by atoms with Crippen LogP contribution in [0.15, 0.2) is 12.4 Å². The third kappa shape index (κ3) is 4.30. The quantitative estimate of drug-likeness (QED) is 0.788. The molecular formula is C13H24N4. The van der Waals surface area contributed by atoms with Crippen molar-refractivity contribution in [2.24, 2.45) is 0 Å². The average Bonchev–Trinajstić information content (AvgIpc) is 2.36. The summed E-state index contributed by atoms with van der Waals surface area (Å²) in [5.74, 6) is 0.960. The highest BCUT2D eigenvalue weighted by molar-refractivity contribution is 5.36. The fraction of sp³-hybridized carbons (Fsp3) is 0.692. The molecule has 0 aliphatic rings. The van der Waals surface area contributed by atoms with E-state index in [0.717, 1.165) is 24.6 Å². The van der Waals surface area contributed by atoms with Crippen LogP contribution in [0.2, 0.25) is 0 Å². The summed E-state index contributed by atoms with van der Waals surface area (Å²) in [7, 11) is 2.08. The van der Waals surface area contributed by atoms with Gasteiger partial charge >= 0.3 is 0 Å². The largest absolute Gasteiger partial charge is 0.356 e. The van der Waals surface area contributed by atoms with E-state index in [1.807, 2.05) is 12.4 Å². The van der Waals surface area contributed by atoms with Crippen molar-refractivity contribution in [2.75, 3.05) is 18.5 Å². The highest BCUT2D eigenvalue weighted by Gasteiger charge is 2.10. The van der Waals surface area contributed by atoms with Gasteiger partial charge in [0.25, 0.3) is 0 Å². The lowest BCUT2D eigenvalue weighted by atomic mass is 10.2. The molecular weight excluding hydrogens is 212 g/mol. The molecule has 0 aromatic carbocycles. The number of nitrogens with zero attached hydrogens (tertiary/aromatic N) is 3. The molecule has 4 heteroatoms. The van der Waals surface area contributed by atoms with Crippen molar-refractivity contribution in [3.05, 3.63) is 18.1 Å². The lowest BCUT2D eigenvalue weighted by Crippen LogP contribution is -2.29. The number of hydrogen-bond donors (Lipinski definition) is 1. The molecule has 0 spiro atoms. The van der Waals surface area contributed by atoms with E-state index >= 15 is 0 Å². The van der Waals surface area contributed by atoms with Crippen molar-refractivity contribution in [3.8, 4) is 0 Å². The van der Waals surface area contributed by atoms with Crippen LogP contribution < -0.4 is 10.2 Å². The molecule has 1 aromatic heterocycles. The highest BCUT2D eigenvalue weighted by atomic mass is 15.2. The van der Waals surface area contributed by atoms with Crippen molar-refractivity contribution in [1.29, 1.82) is 0 Å². The predicted octanol–water partition coefficient (Wildman–Crippen LogP) is 2.21. The van der Waals surface area contributed by atoms with Gasteiger partial charge in [0.2, 0.25) is 0 Å². The zero-order chi connectivity index (χ0) is 12.7. The maximum absolute atomic E-state index is 4.61. The van der Waals surface area contributed by atoms with Crippen LogP contribution in [0.5, 0.6) is 0 Å². The van der Waals surface area contributed by atoms with Crippen molar-refractivity contribution in [1.82, 2.24) is 15.3 Å². The van der Waals surface area contributed by atoms with E-state index in [2.05, 4.69) is 48.0 Å². The number of aromatic nitrogens is 2. The molecule has 0 amide bonds. The van der Waals surface area contributed by atoms with Crippen LogP contribution in [-0.4, -0.2) is 29.6 Å². The minimum absolute atomic E-state index is 0.503. The number of anilines is 1. The Morgan fingerprint density at radius 3 is 2.76 bits per heavy atom. The van der Waals surface area contributed by atoms with Gasteiger partial charge in [-0.2, -0.15) is 0 Å². The first-order valence-electron chi connectivity index (χ1n) is 6.43. The van der Waals surface area contributed by atoms with Crippen LogP contribution in [0.1, 0.15) is 39.3 Å². The Labute approximate surface area is 104 Å². The summed E-state index contributed by atoms with van der Waals surface area (Å²) in [5, 5.41) is 3.26. The normalized spacial score (nSPS) is 12.5. The topological polar surface area (TPSA) is 41.1 Å². The van der Waals surface area contributed by atoms with E-state index in [1.165, 1.54) is 12.8 Å². The van der Waals surface area contributed by atoms with Crippen molar-refractivity contribution in [2.45, 2.75) is 46.2 Å². The fourth-order valence-corrected chi connectivity index (χ4v) is 1.74. The Morgan fingerprint density at radius 1 is 1.35 bits per heavy atom. The first-order valence-corrected chi connectivity index (χ1v) is 6.43. The molecule has 0 saturated heterocycles. The van der Waals surface area contributed by atoms with E-state index in [1.54, 1.807) is 0 Å². The molecule has 1 unspecified atom stereocenters. The van der Waals surface area contributed by atoms with Gasteiger partial charge in [-0.25, -0.2) is 4.98 Å². The first-order chi connectivity index (χ1) is 8.19. The molecule has 0 aliphatic heterocycles. The maximum atomic E-state index is 4.61. The van der Waals surface area contributed by atoms with Crippen LogP contribution in [0.25, 0.3) is 0 Å². The fourth-order valence-electron chi connectivity index (χ4n) is 1.74. The van der Waals surface area contributed by atoms with Crippen LogP contribution in [0, 0.1) is 0 Å². The third-order valence-electron chi connectivity index (χ3n) is 2.96. The van der Waals surface area contributed by atoms with Crippen LogP contribution in [-0.2, 0) is 6.54 Å². The Balaban J connectivity index is 2.69. The molecule has 96 valence electrons. The van der Waals surface area contributed by atoms with Gasteiger partial charge in [0.15, 0.2) is 0 Å². The third-order valence-corrected chi connectivity index (χ3v) is 2.96. The molecule has 4 nitrogen and oxygen atoms in total. The standard InChI is InChI=1S/C13H24N4/c1-5-7-11(3)17(4)13-10-15-9-12(16-13)8-14-6-2/h9-11,14H,5-8H2,1-4H3. The van der Waals surface area contributed by atoms with E-state index in [4.69, 9.17) is 0 Å². The van der Waals surface area contributed by atoms with Gasteiger partial charge in [-0.15, -0.1) is 0 Å². The minimum Gasteiger partial charge on any atom is -0.356 e. The second kappa shape index (κ2) is 7.22. The van der Waals surface area contributed by atoms with Crippen LogP contribution in [0.3, 0.4) is 0 Å². The zero-order valence-electron chi connectivity index (χ0n) is 11.4. The van der Waals surface area contributed by atoms with Gasteiger partial charge in [-0.3, -0.25) is 4.98 Å². The zero-order valence-corrected chi connectivity index (χ0v) is 11.4. The van der Waals surface area contributed by atoms with Gasteiger partial charge in [0, 0.05) is 25.8 Å². The molecule has 0 aliphatic carbocycles. The molecule has 1 heterocycles. The second-order valence-electron chi connectivity index (χ2n) is 4.40. The molecule has 17 heavy (non-hydrogen) atoms. The van der Waals surface area contributed by atoms with Gasteiger partial charge in [-0.05, 0) is 19.9 Å². The molecule has 1 aromatic rings. The summed E-state index contributed by atoms with van der Waals surface area (Å²) in [6.07, 6.45) is 6.03. The van der Waals surface area contributed by atoms with E-state index < -0.39 is 0 Å². The first kappa shape index (κ1) is 13.9. The van der Waals surface area contributed by atoms with E-state index in [9.17, 15) is 0 Å². The maximum Gasteiger partial charge on any atom is 0.147 e. The summed E-state index contributed by atoms with van der Waals surface area (Å²) in [6.45, 7) is 8.26.